The van der Waals surface area contributed by atoms with Gasteiger partial charge in [0.1, 0.15) is 5.75 Å². The van der Waals surface area contributed by atoms with E-state index in [0.29, 0.717) is 17.9 Å². The molecular formula is C20H26N2O4S. The molecule has 2 aromatic carbocycles. The van der Waals surface area contributed by atoms with E-state index in [4.69, 9.17) is 4.74 Å². The first-order valence-electron chi connectivity index (χ1n) is 8.83. The summed E-state index contributed by atoms with van der Waals surface area (Å²) in [6, 6.07) is 11.5. The molecule has 0 spiro atoms. The summed E-state index contributed by atoms with van der Waals surface area (Å²) in [5.74, 6) is 0.140. The minimum atomic E-state index is -3.55. The summed E-state index contributed by atoms with van der Waals surface area (Å²) in [5.41, 5.74) is 2.96. The first-order chi connectivity index (χ1) is 12.7. The topological polar surface area (TPSA) is 84.5 Å². The van der Waals surface area contributed by atoms with Gasteiger partial charge in [0.2, 0.25) is 10.0 Å². The van der Waals surface area contributed by atoms with Crippen molar-refractivity contribution in [3.05, 3.63) is 53.6 Å². The van der Waals surface area contributed by atoms with E-state index in [0.717, 1.165) is 11.1 Å². The zero-order valence-corrected chi connectivity index (χ0v) is 16.9. The fourth-order valence-electron chi connectivity index (χ4n) is 2.30. The van der Waals surface area contributed by atoms with Crippen LogP contribution < -0.4 is 14.8 Å². The Hall–Kier alpha value is -2.38. The number of carbonyl (C=O) groups excluding carboxylic acids is 1. The molecule has 0 aliphatic carbocycles. The summed E-state index contributed by atoms with van der Waals surface area (Å²) in [4.78, 5) is 12.2. The second-order valence-electron chi connectivity index (χ2n) is 6.54. The first kappa shape index (κ1) is 20.9. The van der Waals surface area contributed by atoms with Crippen LogP contribution in [0.5, 0.6) is 5.75 Å². The molecule has 0 saturated heterocycles. The summed E-state index contributed by atoms with van der Waals surface area (Å²) in [5, 5.41) is 2.77. The third kappa shape index (κ3) is 6.08. The number of amides is 1. The van der Waals surface area contributed by atoms with Crippen LogP contribution in [0.25, 0.3) is 0 Å². The molecule has 0 radical (unpaired) electrons. The summed E-state index contributed by atoms with van der Waals surface area (Å²) in [7, 11) is -3.55. The first-order valence-corrected chi connectivity index (χ1v) is 10.3. The van der Waals surface area contributed by atoms with Crippen molar-refractivity contribution in [3.63, 3.8) is 0 Å². The van der Waals surface area contributed by atoms with Crippen molar-refractivity contribution in [2.75, 3.05) is 11.9 Å². The molecule has 0 saturated carbocycles. The van der Waals surface area contributed by atoms with Crippen LogP contribution in [0.1, 0.15) is 31.4 Å². The number of anilines is 1. The van der Waals surface area contributed by atoms with E-state index in [1.165, 1.54) is 24.3 Å². The number of hydrogen-bond donors (Lipinski definition) is 2. The molecule has 0 heterocycles. The molecule has 1 atom stereocenters. The van der Waals surface area contributed by atoms with Crippen LogP contribution in [0, 0.1) is 13.8 Å². The number of carbonyl (C=O) groups is 1. The van der Waals surface area contributed by atoms with Gasteiger partial charge in [-0.2, -0.15) is 0 Å². The Bertz CT molecular complexity index is 893. The Morgan fingerprint density at radius 2 is 1.74 bits per heavy atom. The van der Waals surface area contributed by atoms with Crippen LogP contribution >= 0.6 is 0 Å². The Labute approximate surface area is 161 Å². The molecule has 2 N–H and O–H groups in total. The van der Waals surface area contributed by atoms with Crippen molar-refractivity contribution >= 4 is 21.6 Å². The van der Waals surface area contributed by atoms with Gasteiger partial charge >= 0.3 is 0 Å². The largest absolute Gasteiger partial charge is 0.484 e. The molecule has 6 nitrogen and oxygen atoms in total. The van der Waals surface area contributed by atoms with Crippen molar-refractivity contribution in [3.8, 4) is 5.75 Å². The van der Waals surface area contributed by atoms with Crippen molar-refractivity contribution < 1.29 is 17.9 Å². The highest BCUT2D eigenvalue weighted by molar-refractivity contribution is 7.89. The second-order valence-corrected chi connectivity index (χ2v) is 8.25. The zero-order valence-electron chi connectivity index (χ0n) is 16.1. The quantitative estimate of drug-likeness (QED) is 0.723. The predicted octanol–water partition coefficient (Wildman–Crippen LogP) is 3.40. The zero-order chi connectivity index (χ0) is 20.0. The number of nitrogens with one attached hydrogen (secondary N) is 2. The average molecular weight is 391 g/mol. The third-order valence-electron chi connectivity index (χ3n) is 4.26. The minimum Gasteiger partial charge on any atom is -0.484 e. The van der Waals surface area contributed by atoms with E-state index in [2.05, 4.69) is 10.0 Å². The van der Waals surface area contributed by atoms with Gasteiger partial charge in [-0.1, -0.05) is 13.0 Å². The lowest BCUT2D eigenvalue weighted by molar-refractivity contribution is -0.118. The van der Waals surface area contributed by atoms with Crippen LogP contribution in [0.2, 0.25) is 0 Å². The van der Waals surface area contributed by atoms with Gasteiger partial charge in [-0.25, -0.2) is 13.1 Å². The molecule has 0 fully saturated rings. The van der Waals surface area contributed by atoms with Crippen LogP contribution in [-0.4, -0.2) is 27.0 Å². The van der Waals surface area contributed by atoms with Gasteiger partial charge in [-0.15, -0.1) is 0 Å². The molecule has 27 heavy (non-hydrogen) atoms. The molecule has 0 aliphatic rings. The van der Waals surface area contributed by atoms with Crippen molar-refractivity contribution in [1.29, 1.82) is 0 Å². The third-order valence-corrected chi connectivity index (χ3v) is 5.87. The van der Waals surface area contributed by atoms with Gasteiger partial charge in [0.05, 0.1) is 4.90 Å². The highest BCUT2D eigenvalue weighted by Crippen LogP contribution is 2.17. The van der Waals surface area contributed by atoms with Crippen molar-refractivity contribution in [1.82, 2.24) is 4.72 Å². The van der Waals surface area contributed by atoms with Crippen molar-refractivity contribution in [2.24, 2.45) is 0 Å². The van der Waals surface area contributed by atoms with E-state index in [-0.39, 0.29) is 23.5 Å². The maximum Gasteiger partial charge on any atom is 0.262 e. The minimum absolute atomic E-state index is 0.139. The predicted molar refractivity (Wildman–Crippen MR) is 107 cm³/mol. The summed E-state index contributed by atoms with van der Waals surface area (Å²) in [6.45, 7) is 7.54. The van der Waals surface area contributed by atoms with Crippen LogP contribution in [0.3, 0.4) is 0 Å². The van der Waals surface area contributed by atoms with E-state index >= 15 is 0 Å². The van der Waals surface area contributed by atoms with Gasteiger partial charge in [-0.05, 0) is 74.7 Å². The fourth-order valence-corrected chi connectivity index (χ4v) is 3.62. The number of rotatable bonds is 8. The normalized spacial score (nSPS) is 12.4. The van der Waals surface area contributed by atoms with Crippen molar-refractivity contribution in [2.45, 2.75) is 45.1 Å². The lowest BCUT2D eigenvalue weighted by Gasteiger charge is -2.13. The molecule has 146 valence electrons. The van der Waals surface area contributed by atoms with E-state index in [9.17, 15) is 13.2 Å². The Morgan fingerprint density at radius 3 is 2.33 bits per heavy atom. The second kappa shape index (κ2) is 9.01. The molecule has 2 aromatic rings. The lowest BCUT2D eigenvalue weighted by Crippen LogP contribution is -2.31. The molecule has 0 aromatic heterocycles. The van der Waals surface area contributed by atoms with Gasteiger partial charge < -0.3 is 10.1 Å². The fraction of sp³-hybridized carbons (Fsp3) is 0.350. The molecule has 0 unspecified atom stereocenters. The van der Waals surface area contributed by atoms with Gasteiger partial charge in [0, 0.05) is 11.7 Å². The molecular weight excluding hydrogens is 364 g/mol. The number of benzene rings is 2. The SMILES string of the molecule is CC[C@H](C)NS(=O)(=O)c1ccc(OCC(=O)Nc2ccc(C)c(C)c2)cc1. The number of hydrogen-bond acceptors (Lipinski definition) is 4. The Morgan fingerprint density at radius 1 is 1.07 bits per heavy atom. The number of sulfonamides is 1. The molecule has 0 aliphatic heterocycles. The van der Waals surface area contributed by atoms with E-state index in [1.54, 1.807) is 0 Å². The van der Waals surface area contributed by atoms with E-state index in [1.807, 2.05) is 45.9 Å². The van der Waals surface area contributed by atoms with Crippen LogP contribution in [0.15, 0.2) is 47.4 Å². The maximum atomic E-state index is 12.2. The highest BCUT2D eigenvalue weighted by Gasteiger charge is 2.16. The standard InChI is InChI=1S/C20H26N2O4S/c1-5-16(4)22-27(24,25)19-10-8-18(9-11-19)26-13-20(23)21-17-7-6-14(2)15(3)12-17/h6-12,16,22H,5,13H2,1-4H3,(H,21,23)/t16-/m0/s1. The summed E-state index contributed by atoms with van der Waals surface area (Å²) in [6.07, 6.45) is 0.704. The molecule has 1 amide bonds. The maximum absolute atomic E-state index is 12.2. The lowest BCUT2D eigenvalue weighted by atomic mass is 10.1. The van der Waals surface area contributed by atoms with Gasteiger partial charge in [0.25, 0.3) is 5.91 Å². The Kier molecular flexibility index (Phi) is 6.98. The molecule has 0 bridgehead atoms. The van der Waals surface area contributed by atoms with Gasteiger partial charge in [-0.3, -0.25) is 4.79 Å². The number of ether oxygens (including phenoxy) is 1. The molecule has 2 rings (SSSR count). The summed E-state index contributed by atoms with van der Waals surface area (Å²) < 4.78 is 32.5. The highest BCUT2D eigenvalue weighted by atomic mass is 32.2. The van der Waals surface area contributed by atoms with E-state index < -0.39 is 10.0 Å². The molecule has 7 heteroatoms. The average Bonchev–Trinajstić information content (AvgIpc) is 2.63. The van der Waals surface area contributed by atoms with Crippen LogP contribution in [-0.2, 0) is 14.8 Å². The van der Waals surface area contributed by atoms with Crippen LogP contribution in [0.4, 0.5) is 5.69 Å². The summed E-state index contributed by atoms with van der Waals surface area (Å²) >= 11 is 0. The van der Waals surface area contributed by atoms with Gasteiger partial charge in [0.15, 0.2) is 6.61 Å². The monoisotopic (exact) mass is 390 g/mol. The number of aryl methyl sites for hydroxylation is 2. The smallest absolute Gasteiger partial charge is 0.262 e. The Balaban J connectivity index is 1.92.